The zero-order chi connectivity index (χ0) is 14.7. The van der Waals surface area contributed by atoms with Gasteiger partial charge in [0.05, 0.1) is 20.1 Å². The summed E-state index contributed by atoms with van der Waals surface area (Å²) in [5.74, 6) is 0. The van der Waals surface area contributed by atoms with E-state index in [1.54, 1.807) is 19.1 Å². The molecule has 0 atom stereocenters. The van der Waals surface area contributed by atoms with Crippen molar-refractivity contribution in [1.82, 2.24) is 0 Å². The maximum atomic E-state index is 10.9. The van der Waals surface area contributed by atoms with Crippen LogP contribution in [0.2, 0.25) is 5.02 Å². The maximum absolute atomic E-state index is 10.9. The van der Waals surface area contributed by atoms with Crippen LogP contribution < -0.4 is 5.32 Å². The minimum Gasteiger partial charge on any atom is -0.380 e. The van der Waals surface area contributed by atoms with Crippen molar-refractivity contribution in [3.05, 3.63) is 67.1 Å². The van der Waals surface area contributed by atoms with Gasteiger partial charge in [-0.3, -0.25) is 10.1 Å². The molecule has 0 radical (unpaired) electrons. The molecule has 4 nitrogen and oxygen atoms in total. The third kappa shape index (κ3) is 3.11. The molecule has 2 aromatic carbocycles. The monoisotopic (exact) mass is 354 g/mol. The summed E-state index contributed by atoms with van der Waals surface area (Å²) < 4.78 is 0.782. The SMILES string of the molecule is Cc1c(CNc2cccc(Cl)c2Br)cccc1[N+](=O)[O-]. The smallest absolute Gasteiger partial charge is 0.272 e. The van der Waals surface area contributed by atoms with Gasteiger partial charge in [0, 0.05) is 18.2 Å². The molecule has 0 aromatic heterocycles. The zero-order valence-corrected chi connectivity index (χ0v) is 13.0. The Morgan fingerprint density at radius 3 is 2.70 bits per heavy atom. The highest BCUT2D eigenvalue weighted by molar-refractivity contribution is 9.10. The summed E-state index contributed by atoms with van der Waals surface area (Å²) in [5.41, 5.74) is 2.53. The van der Waals surface area contributed by atoms with E-state index in [-0.39, 0.29) is 10.6 Å². The summed E-state index contributed by atoms with van der Waals surface area (Å²) in [7, 11) is 0. The van der Waals surface area contributed by atoms with Gasteiger partial charge in [0.15, 0.2) is 0 Å². The average molecular weight is 356 g/mol. The second-order valence-electron chi connectivity index (χ2n) is 4.27. The molecule has 0 heterocycles. The van der Waals surface area contributed by atoms with Gasteiger partial charge in [0.25, 0.3) is 5.69 Å². The van der Waals surface area contributed by atoms with E-state index in [1.165, 1.54) is 6.07 Å². The van der Waals surface area contributed by atoms with Crippen LogP contribution in [0.5, 0.6) is 0 Å². The van der Waals surface area contributed by atoms with Gasteiger partial charge in [-0.2, -0.15) is 0 Å². The van der Waals surface area contributed by atoms with Gasteiger partial charge in [0.2, 0.25) is 0 Å². The Balaban J connectivity index is 2.21. The molecule has 0 aliphatic heterocycles. The Kier molecular flexibility index (Phi) is 4.62. The molecular weight excluding hydrogens is 344 g/mol. The number of benzene rings is 2. The largest absolute Gasteiger partial charge is 0.380 e. The summed E-state index contributed by atoms with van der Waals surface area (Å²) in [6.07, 6.45) is 0. The maximum Gasteiger partial charge on any atom is 0.272 e. The zero-order valence-electron chi connectivity index (χ0n) is 10.7. The number of nitrogens with zero attached hydrogens (tertiary/aromatic N) is 1. The minimum absolute atomic E-state index is 0.134. The van der Waals surface area contributed by atoms with E-state index in [4.69, 9.17) is 11.6 Å². The van der Waals surface area contributed by atoms with Crippen molar-refractivity contribution in [2.75, 3.05) is 5.32 Å². The first-order valence-corrected chi connectivity index (χ1v) is 7.08. The second-order valence-corrected chi connectivity index (χ2v) is 5.47. The summed E-state index contributed by atoms with van der Waals surface area (Å²) in [4.78, 5) is 10.5. The fourth-order valence-corrected chi connectivity index (χ4v) is 2.47. The summed E-state index contributed by atoms with van der Waals surface area (Å²) in [6, 6.07) is 10.6. The van der Waals surface area contributed by atoms with E-state index in [1.807, 2.05) is 18.2 Å². The first kappa shape index (κ1) is 14.8. The molecule has 0 saturated heterocycles. The van der Waals surface area contributed by atoms with Crippen LogP contribution in [-0.2, 0) is 6.54 Å². The lowest BCUT2D eigenvalue weighted by molar-refractivity contribution is -0.385. The lowest BCUT2D eigenvalue weighted by atomic mass is 10.1. The Morgan fingerprint density at radius 1 is 1.30 bits per heavy atom. The van der Waals surface area contributed by atoms with Crippen LogP contribution in [0.1, 0.15) is 11.1 Å². The quantitative estimate of drug-likeness (QED) is 0.625. The molecule has 0 fully saturated rings. The lowest BCUT2D eigenvalue weighted by Crippen LogP contribution is -2.03. The number of hydrogen-bond acceptors (Lipinski definition) is 3. The van der Waals surface area contributed by atoms with Gasteiger partial charge in [-0.1, -0.05) is 29.8 Å². The summed E-state index contributed by atoms with van der Waals surface area (Å²) in [6.45, 7) is 2.24. The predicted octanol–water partition coefficient (Wildman–Crippen LogP) is 4.93. The topological polar surface area (TPSA) is 55.2 Å². The number of nitrogens with one attached hydrogen (secondary N) is 1. The Labute approximate surface area is 130 Å². The van der Waals surface area contributed by atoms with Crippen LogP contribution >= 0.6 is 27.5 Å². The molecule has 0 aliphatic rings. The predicted molar refractivity (Wildman–Crippen MR) is 84.3 cm³/mol. The first-order valence-electron chi connectivity index (χ1n) is 5.91. The third-order valence-corrected chi connectivity index (χ3v) is 4.43. The van der Waals surface area contributed by atoms with Crippen molar-refractivity contribution >= 4 is 38.9 Å². The van der Waals surface area contributed by atoms with E-state index in [0.29, 0.717) is 17.1 Å². The Morgan fingerprint density at radius 2 is 2.00 bits per heavy atom. The van der Waals surface area contributed by atoms with E-state index in [9.17, 15) is 10.1 Å². The Bertz CT molecular complexity index is 662. The van der Waals surface area contributed by atoms with Gasteiger partial charge in [-0.15, -0.1) is 0 Å². The third-order valence-electron chi connectivity index (χ3n) is 3.03. The molecule has 2 rings (SSSR count). The highest BCUT2D eigenvalue weighted by Gasteiger charge is 2.13. The van der Waals surface area contributed by atoms with Gasteiger partial charge in [-0.05, 0) is 40.5 Å². The number of anilines is 1. The lowest BCUT2D eigenvalue weighted by Gasteiger charge is -2.11. The molecule has 0 aliphatic carbocycles. The molecule has 0 bridgehead atoms. The van der Waals surface area contributed by atoms with Gasteiger partial charge < -0.3 is 5.32 Å². The molecular formula is C14H12BrClN2O2. The number of nitro groups is 1. The summed E-state index contributed by atoms with van der Waals surface area (Å²) >= 11 is 9.42. The number of nitro benzene ring substituents is 1. The van der Waals surface area contributed by atoms with E-state index >= 15 is 0 Å². The van der Waals surface area contributed by atoms with Crippen molar-refractivity contribution in [2.45, 2.75) is 13.5 Å². The minimum atomic E-state index is -0.367. The molecule has 0 spiro atoms. The number of rotatable bonds is 4. The highest BCUT2D eigenvalue weighted by Crippen LogP contribution is 2.31. The van der Waals surface area contributed by atoms with Crippen molar-refractivity contribution < 1.29 is 4.92 Å². The standard InChI is InChI=1S/C14H12BrClN2O2/c1-9-10(4-2-7-13(9)18(19)20)8-17-12-6-3-5-11(16)14(12)15/h2-7,17H,8H2,1H3. The summed E-state index contributed by atoms with van der Waals surface area (Å²) in [5, 5.41) is 14.7. The molecule has 0 saturated carbocycles. The van der Waals surface area contributed by atoms with E-state index in [0.717, 1.165) is 15.7 Å². The van der Waals surface area contributed by atoms with E-state index < -0.39 is 0 Å². The van der Waals surface area contributed by atoms with Crippen molar-refractivity contribution in [1.29, 1.82) is 0 Å². The molecule has 1 N–H and O–H groups in total. The van der Waals surface area contributed by atoms with Crippen molar-refractivity contribution in [2.24, 2.45) is 0 Å². The fraction of sp³-hybridized carbons (Fsp3) is 0.143. The fourth-order valence-electron chi connectivity index (χ4n) is 1.89. The molecule has 2 aromatic rings. The van der Waals surface area contributed by atoms with Crippen LogP contribution in [0.15, 0.2) is 40.9 Å². The molecule has 6 heteroatoms. The molecule has 104 valence electrons. The van der Waals surface area contributed by atoms with Crippen LogP contribution in [0, 0.1) is 17.0 Å². The van der Waals surface area contributed by atoms with Crippen LogP contribution in [0.25, 0.3) is 0 Å². The normalized spacial score (nSPS) is 10.3. The van der Waals surface area contributed by atoms with Gasteiger partial charge >= 0.3 is 0 Å². The van der Waals surface area contributed by atoms with Gasteiger partial charge in [-0.25, -0.2) is 0 Å². The van der Waals surface area contributed by atoms with E-state index in [2.05, 4.69) is 21.2 Å². The van der Waals surface area contributed by atoms with Crippen molar-refractivity contribution in [3.8, 4) is 0 Å². The van der Waals surface area contributed by atoms with Crippen LogP contribution in [0.4, 0.5) is 11.4 Å². The highest BCUT2D eigenvalue weighted by atomic mass is 79.9. The number of hydrogen-bond donors (Lipinski definition) is 1. The van der Waals surface area contributed by atoms with Crippen molar-refractivity contribution in [3.63, 3.8) is 0 Å². The number of halogens is 2. The molecule has 0 amide bonds. The molecule has 0 unspecified atom stereocenters. The first-order chi connectivity index (χ1) is 9.50. The Hall–Kier alpha value is -1.59. The van der Waals surface area contributed by atoms with Crippen LogP contribution in [0.3, 0.4) is 0 Å². The van der Waals surface area contributed by atoms with Crippen LogP contribution in [-0.4, -0.2) is 4.92 Å². The average Bonchev–Trinajstić information content (AvgIpc) is 2.41. The van der Waals surface area contributed by atoms with Gasteiger partial charge in [0.1, 0.15) is 0 Å². The second kappa shape index (κ2) is 6.24. The molecule has 20 heavy (non-hydrogen) atoms.